The molecule has 3 aromatic rings. The van der Waals surface area contributed by atoms with E-state index in [0.717, 1.165) is 57.1 Å². The second-order valence-electron chi connectivity index (χ2n) is 10.5. The van der Waals surface area contributed by atoms with Crippen LogP contribution in [0.3, 0.4) is 0 Å². The maximum atomic E-state index is 11.7. The fourth-order valence-corrected chi connectivity index (χ4v) is 3.97. The molecular weight excluding hydrogens is 660 g/mol. The summed E-state index contributed by atoms with van der Waals surface area (Å²) in [5, 5.41) is 14.2. The van der Waals surface area contributed by atoms with Gasteiger partial charge in [0.05, 0.1) is 34.4 Å². The molecule has 0 spiro atoms. The number of aromatic hydroxyl groups is 1. The van der Waals surface area contributed by atoms with Gasteiger partial charge in [-0.25, -0.2) is 29.2 Å². The lowest BCUT2D eigenvalue weighted by molar-refractivity contribution is 0.198. The van der Waals surface area contributed by atoms with E-state index in [9.17, 15) is 19.2 Å². The molecule has 3 aromatic carbocycles. The molecule has 0 aromatic heterocycles. The van der Waals surface area contributed by atoms with Crippen LogP contribution in [0.2, 0.25) is 0 Å². The normalized spacial score (nSPS) is 9.47. The number of hydrogen-bond acceptors (Lipinski definition) is 12. The number of ether oxygens (including phenoxy) is 5. The Morgan fingerprint density at radius 2 is 0.863 bits per heavy atom. The summed E-state index contributed by atoms with van der Waals surface area (Å²) in [6.45, 7) is 2.17. The van der Waals surface area contributed by atoms with Crippen LogP contribution in [-0.4, -0.2) is 77.0 Å². The molecule has 14 heteroatoms. The van der Waals surface area contributed by atoms with E-state index in [0.29, 0.717) is 49.2 Å². The minimum absolute atomic E-state index is 0. The van der Waals surface area contributed by atoms with Crippen molar-refractivity contribution in [3.8, 4) is 34.5 Å². The van der Waals surface area contributed by atoms with Gasteiger partial charge >= 0.3 is 12.2 Å². The van der Waals surface area contributed by atoms with Crippen molar-refractivity contribution in [3.05, 3.63) is 72.8 Å². The Labute approximate surface area is 300 Å². The summed E-state index contributed by atoms with van der Waals surface area (Å²) in [4.78, 5) is 49.5. The van der Waals surface area contributed by atoms with Crippen molar-refractivity contribution in [2.75, 3.05) is 47.5 Å². The highest BCUT2D eigenvalue weighted by Crippen LogP contribution is 2.18. The van der Waals surface area contributed by atoms with E-state index in [2.05, 4.69) is 20.6 Å². The largest absolute Gasteiger partial charge is 0.508 e. The second kappa shape index (κ2) is 29.1. The van der Waals surface area contributed by atoms with Gasteiger partial charge in [-0.15, -0.1) is 0 Å². The molecule has 0 aliphatic heterocycles. The number of carbonyl (C=O) groups excluding carboxylic acids is 4. The average molecular weight is 711 g/mol. The Morgan fingerprint density at radius 3 is 1.20 bits per heavy atom. The Bertz CT molecular complexity index is 1370. The molecule has 0 radical (unpaired) electrons. The lowest BCUT2D eigenvalue weighted by Gasteiger charge is -2.08. The fraction of sp³-hybridized carbons (Fsp3) is 0.405. The highest BCUT2D eigenvalue weighted by Gasteiger charge is 2.05. The number of carbonyl (C=O) groups is 2. The van der Waals surface area contributed by atoms with Crippen molar-refractivity contribution in [2.24, 2.45) is 9.98 Å². The van der Waals surface area contributed by atoms with Gasteiger partial charge in [0.25, 0.3) is 0 Å². The highest BCUT2D eigenvalue weighted by atomic mass is 16.6. The maximum absolute atomic E-state index is 11.7. The SMILES string of the molecule is COc1ccc(O)cc1.COc1ccc(OC(=O)NCCCCCCNC(=O)Oc2ccc(OC)cc2)cc1.O=C=NCCCCCCN=C=O.[HH]. The molecule has 0 saturated heterocycles. The minimum atomic E-state index is -0.483. The predicted octanol–water partition coefficient (Wildman–Crippen LogP) is 7.01. The van der Waals surface area contributed by atoms with Crippen molar-refractivity contribution >= 4 is 24.3 Å². The Hall–Kier alpha value is -5.84. The van der Waals surface area contributed by atoms with E-state index in [1.807, 2.05) is 0 Å². The first-order chi connectivity index (χ1) is 24.8. The third kappa shape index (κ3) is 23.2. The van der Waals surface area contributed by atoms with Gasteiger partial charge in [-0.05, 0) is 98.5 Å². The number of unbranched alkanes of at least 4 members (excludes halogenated alkanes) is 6. The van der Waals surface area contributed by atoms with Crippen LogP contribution in [0.5, 0.6) is 34.5 Å². The van der Waals surface area contributed by atoms with Crippen LogP contribution in [0, 0.1) is 0 Å². The molecule has 14 nitrogen and oxygen atoms in total. The number of hydrogen-bond donors (Lipinski definition) is 3. The third-order valence-corrected chi connectivity index (χ3v) is 6.67. The zero-order chi connectivity index (χ0) is 37.4. The molecule has 0 aliphatic rings. The molecule has 0 unspecified atom stereocenters. The average Bonchev–Trinajstić information content (AvgIpc) is 3.15. The van der Waals surface area contributed by atoms with Crippen LogP contribution in [-0.2, 0) is 9.59 Å². The van der Waals surface area contributed by atoms with Crippen LogP contribution < -0.4 is 34.3 Å². The van der Waals surface area contributed by atoms with Gasteiger partial charge < -0.3 is 39.4 Å². The van der Waals surface area contributed by atoms with Gasteiger partial charge in [-0.2, -0.15) is 0 Å². The van der Waals surface area contributed by atoms with Crippen LogP contribution in [0.4, 0.5) is 9.59 Å². The van der Waals surface area contributed by atoms with Crippen molar-refractivity contribution in [2.45, 2.75) is 51.4 Å². The van der Waals surface area contributed by atoms with Crippen molar-refractivity contribution in [1.29, 1.82) is 0 Å². The summed E-state index contributed by atoms with van der Waals surface area (Å²) >= 11 is 0. The molecule has 0 aliphatic carbocycles. The van der Waals surface area contributed by atoms with Gasteiger partial charge in [0, 0.05) is 14.5 Å². The minimum Gasteiger partial charge on any atom is -0.508 e. The number of nitrogens with one attached hydrogen (secondary N) is 2. The van der Waals surface area contributed by atoms with Gasteiger partial charge in [-0.1, -0.05) is 25.7 Å². The third-order valence-electron chi connectivity index (χ3n) is 6.67. The van der Waals surface area contributed by atoms with Crippen LogP contribution >= 0.6 is 0 Å². The summed E-state index contributed by atoms with van der Waals surface area (Å²) in [7, 11) is 4.74. The summed E-state index contributed by atoms with van der Waals surface area (Å²) in [5.74, 6) is 3.34. The number of phenolic OH excluding ortho intramolecular Hbond substituents is 1. The van der Waals surface area contributed by atoms with Gasteiger partial charge in [-0.3, -0.25) is 0 Å². The molecule has 0 heterocycles. The molecule has 0 saturated carbocycles. The van der Waals surface area contributed by atoms with E-state index in [4.69, 9.17) is 28.8 Å². The van der Waals surface area contributed by atoms with Crippen molar-refractivity contribution in [3.63, 3.8) is 0 Å². The monoisotopic (exact) mass is 710 g/mol. The zero-order valence-corrected chi connectivity index (χ0v) is 29.4. The molecular formula is C37H50N4O10. The maximum Gasteiger partial charge on any atom is 0.412 e. The van der Waals surface area contributed by atoms with Gasteiger partial charge in [0.1, 0.15) is 34.5 Å². The molecule has 0 fully saturated rings. The van der Waals surface area contributed by atoms with Crippen LogP contribution in [0.1, 0.15) is 52.8 Å². The number of rotatable bonds is 19. The Kier molecular flexibility index (Phi) is 24.6. The van der Waals surface area contributed by atoms with E-state index >= 15 is 0 Å². The number of isocyanates is 2. The van der Waals surface area contributed by atoms with Gasteiger partial charge in [0.2, 0.25) is 12.2 Å². The first kappa shape index (κ1) is 43.2. The summed E-state index contributed by atoms with van der Waals surface area (Å²) in [6.07, 6.45) is 9.35. The second-order valence-corrected chi connectivity index (χ2v) is 10.5. The summed E-state index contributed by atoms with van der Waals surface area (Å²) in [6, 6.07) is 20.2. The van der Waals surface area contributed by atoms with Crippen molar-refractivity contribution < 1.29 is 49.4 Å². The number of methoxy groups -OCH3 is 3. The highest BCUT2D eigenvalue weighted by molar-refractivity contribution is 5.70. The molecule has 0 atom stereocenters. The molecule has 3 rings (SSSR count). The molecule has 0 bridgehead atoms. The topological polar surface area (TPSA) is 183 Å². The smallest absolute Gasteiger partial charge is 0.412 e. The molecule has 51 heavy (non-hydrogen) atoms. The molecule has 278 valence electrons. The number of benzene rings is 3. The standard InChI is InChI=1S/C22H28N2O6.C8H12N2O2.C7H8O2.H2/c1-27-17-7-11-19(12-8-17)29-21(25)23-15-5-3-4-6-16-24-22(26)30-20-13-9-18(28-2)10-14-20;11-7-9-5-3-1-2-4-6-10-8-12;1-9-7-4-2-6(8)3-5-7;/h7-14H,3-6,15-16H2,1-2H3,(H,23,25)(H,24,26);1-6H2;2-5,8H,1H3;1H. The number of phenols is 1. The predicted molar refractivity (Wildman–Crippen MR) is 194 cm³/mol. The van der Waals surface area contributed by atoms with Crippen molar-refractivity contribution in [1.82, 2.24) is 10.6 Å². The molecule has 3 N–H and O–H groups in total. The van der Waals surface area contributed by atoms with Crippen LogP contribution in [0.15, 0.2) is 82.8 Å². The van der Waals surface area contributed by atoms with Gasteiger partial charge in [0.15, 0.2) is 0 Å². The summed E-state index contributed by atoms with van der Waals surface area (Å²) < 4.78 is 25.3. The number of nitrogens with zero attached hydrogens (tertiary/aromatic N) is 2. The lowest BCUT2D eigenvalue weighted by Crippen LogP contribution is -2.28. The van der Waals surface area contributed by atoms with E-state index in [1.165, 1.54) is 12.2 Å². The zero-order valence-electron chi connectivity index (χ0n) is 29.4. The fourth-order valence-electron chi connectivity index (χ4n) is 3.97. The first-order valence-corrected chi connectivity index (χ1v) is 16.4. The van der Waals surface area contributed by atoms with E-state index in [-0.39, 0.29) is 7.18 Å². The van der Waals surface area contributed by atoms with E-state index in [1.54, 1.807) is 94.1 Å². The number of aliphatic imine (C=N–C) groups is 2. The first-order valence-electron chi connectivity index (χ1n) is 16.4. The number of amides is 2. The quantitative estimate of drug-likeness (QED) is 0.0665. The van der Waals surface area contributed by atoms with Crippen LogP contribution in [0.25, 0.3) is 0 Å². The lowest BCUT2D eigenvalue weighted by atomic mass is 10.2. The summed E-state index contributed by atoms with van der Waals surface area (Å²) in [5.41, 5.74) is 0. The Balaban J connectivity index is 0.000000966. The Morgan fingerprint density at radius 1 is 0.549 bits per heavy atom. The molecule has 2 amide bonds. The van der Waals surface area contributed by atoms with E-state index < -0.39 is 12.2 Å².